The van der Waals surface area contributed by atoms with Crippen LogP contribution in [0.5, 0.6) is 0 Å². The van der Waals surface area contributed by atoms with Gasteiger partial charge in [-0.2, -0.15) is 0 Å². The van der Waals surface area contributed by atoms with Gasteiger partial charge in [0.15, 0.2) is 5.78 Å². The Labute approximate surface area is 367 Å². The number of nitrogens with zero attached hydrogens (tertiary/aromatic N) is 3. The number of hydrogen-bond donors (Lipinski definition) is 1. The number of rotatable bonds is 17. The maximum absolute atomic E-state index is 15.0. The number of halogens is 2. The molecule has 6 rings (SSSR count). The van der Waals surface area contributed by atoms with Crippen LogP contribution in [0.15, 0.2) is 91.1 Å². The molecule has 322 valence electrons. The monoisotopic (exact) mass is 870 g/mol. The van der Waals surface area contributed by atoms with Gasteiger partial charge in [0.25, 0.3) is 0 Å². The number of pyridine rings is 1. The number of ether oxygens (including phenoxy) is 2. The number of Topliss-reactive ketones (excluding diaryl/α,β-unsaturated/α-hetero) is 2. The number of amides is 2. The molecule has 61 heavy (non-hydrogen) atoms. The molecule has 3 atom stereocenters. The SMILES string of the molecule is C[C@@H]1C[C@@H](C(=O)N(CCC(=O)CCc2ccccc2)[C@H](CCC(=O)OC(C)(C)C)C(=O)CCc2cc(Cl)c(Cl)c[n+]2O)N(C(=O)OCC2c3ccccc3-c3ccccc32)C1. The third-order valence-electron chi connectivity index (χ3n) is 11.3. The minimum absolute atomic E-state index is 0.0273. The molecule has 11 nitrogen and oxygen atoms in total. The van der Waals surface area contributed by atoms with Crippen LogP contribution in [0.1, 0.15) is 94.5 Å². The Morgan fingerprint density at radius 1 is 0.852 bits per heavy atom. The first kappa shape index (κ1) is 45.3. The fraction of sp³-hybridized carbons (Fsp3) is 0.417. The van der Waals surface area contributed by atoms with Crippen molar-refractivity contribution in [2.24, 2.45) is 5.92 Å². The van der Waals surface area contributed by atoms with Gasteiger partial charge in [0.05, 0.1) is 11.1 Å². The Kier molecular flexibility index (Phi) is 14.9. The summed E-state index contributed by atoms with van der Waals surface area (Å²) in [5.74, 6) is -1.84. The average Bonchev–Trinajstić information content (AvgIpc) is 3.78. The second-order valence-corrected chi connectivity index (χ2v) is 17.8. The highest BCUT2D eigenvalue weighted by atomic mass is 35.5. The van der Waals surface area contributed by atoms with E-state index in [1.807, 2.05) is 73.7 Å². The van der Waals surface area contributed by atoms with E-state index in [-0.39, 0.29) is 85.9 Å². The third-order valence-corrected chi connectivity index (χ3v) is 12.0. The summed E-state index contributed by atoms with van der Waals surface area (Å²) in [5.41, 5.74) is 4.80. The molecule has 4 aromatic rings. The molecule has 0 bridgehead atoms. The lowest BCUT2D eigenvalue weighted by Gasteiger charge is -2.35. The molecular weight excluding hydrogens is 817 g/mol. The lowest BCUT2D eigenvalue weighted by Crippen LogP contribution is -2.54. The van der Waals surface area contributed by atoms with E-state index < -0.39 is 41.4 Å². The van der Waals surface area contributed by atoms with Crippen molar-refractivity contribution < 1.29 is 43.4 Å². The molecule has 3 aromatic carbocycles. The molecule has 1 aromatic heterocycles. The predicted molar refractivity (Wildman–Crippen MR) is 231 cm³/mol. The first-order chi connectivity index (χ1) is 29.1. The third kappa shape index (κ3) is 11.6. The first-order valence-corrected chi connectivity index (χ1v) is 21.7. The van der Waals surface area contributed by atoms with Crippen molar-refractivity contribution >= 4 is 52.7 Å². The molecule has 0 spiro atoms. The van der Waals surface area contributed by atoms with E-state index in [1.165, 1.54) is 22.1 Å². The van der Waals surface area contributed by atoms with Crippen LogP contribution < -0.4 is 4.73 Å². The van der Waals surface area contributed by atoms with Crippen molar-refractivity contribution in [2.45, 2.75) is 103 Å². The van der Waals surface area contributed by atoms with Gasteiger partial charge < -0.3 is 14.4 Å². The Morgan fingerprint density at radius 2 is 1.49 bits per heavy atom. The van der Waals surface area contributed by atoms with Crippen LogP contribution in [0.4, 0.5) is 4.79 Å². The number of carbonyl (C=O) groups excluding carboxylic acids is 5. The summed E-state index contributed by atoms with van der Waals surface area (Å²) < 4.78 is 12.4. The molecule has 1 N–H and O–H groups in total. The quantitative estimate of drug-likeness (QED) is 0.0634. The number of benzene rings is 3. The molecule has 1 aliphatic heterocycles. The van der Waals surface area contributed by atoms with Crippen LogP contribution >= 0.6 is 23.2 Å². The molecule has 0 unspecified atom stereocenters. The number of ketones is 2. The summed E-state index contributed by atoms with van der Waals surface area (Å²) >= 11 is 12.3. The minimum Gasteiger partial charge on any atom is -0.460 e. The summed E-state index contributed by atoms with van der Waals surface area (Å²) in [6.45, 7) is 7.37. The summed E-state index contributed by atoms with van der Waals surface area (Å²) in [6.07, 6.45) is 1.16. The van der Waals surface area contributed by atoms with E-state index in [0.29, 0.717) is 18.5 Å². The van der Waals surface area contributed by atoms with Crippen molar-refractivity contribution in [3.63, 3.8) is 0 Å². The van der Waals surface area contributed by atoms with Gasteiger partial charge in [-0.15, -0.1) is 0 Å². The largest absolute Gasteiger partial charge is 0.460 e. The highest BCUT2D eigenvalue weighted by Crippen LogP contribution is 2.44. The molecule has 2 heterocycles. The molecule has 1 fully saturated rings. The van der Waals surface area contributed by atoms with E-state index in [1.54, 1.807) is 20.8 Å². The molecule has 2 amide bonds. The molecule has 1 saturated heterocycles. The first-order valence-electron chi connectivity index (χ1n) is 20.9. The Balaban J connectivity index is 1.26. The predicted octanol–water partition coefficient (Wildman–Crippen LogP) is 8.59. The number of fused-ring (bicyclic) bond motifs is 3. The normalized spacial score (nSPS) is 16.4. The molecule has 1 aliphatic carbocycles. The number of likely N-dealkylation sites (tertiary alicyclic amines) is 1. The topological polar surface area (TPSA) is 134 Å². The molecule has 0 radical (unpaired) electrons. The Hall–Kier alpha value is -5.26. The highest BCUT2D eigenvalue weighted by molar-refractivity contribution is 6.41. The molecule has 13 heteroatoms. The van der Waals surface area contributed by atoms with E-state index in [4.69, 9.17) is 32.7 Å². The number of hydrogen-bond acceptors (Lipinski definition) is 8. The standard InChI is InChI=1S/C48H54Cl2N3O8/c1-31-26-43(52(28-31)47(58)60-30-39-37-16-10-8-14-35(37)36-15-9-11-17-38(36)39)46(57)51(25-24-34(54)20-18-32-12-6-5-7-13-32)42(21-23-45(56)61-48(2,3)4)44(55)22-19-33-27-40(49)41(50)29-53(33)59/h5-17,27,29,31,39,42-43,59H,18-26,28,30H2,1-4H3/q+1/t31-,42-,43+/m1/s1. The number of aromatic nitrogens is 1. The van der Waals surface area contributed by atoms with Gasteiger partial charge in [-0.05, 0) is 73.8 Å². The van der Waals surface area contributed by atoms with Crippen LogP contribution in [-0.4, -0.2) is 81.9 Å². The lowest BCUT2D eigenvalue weighted by atomic mass is 9.97. The van der Waals surface area contributed by atoms with Crippen molar-refractivity contribution in [2.75, 3.05) is 19.7 Å². The zero-order valence-electron chi connectivity index (χ0n) is 35.2. The van der Waals surface area contributed by atoms with Gasteiger partial charge in [0, 0.05) is 61.9 Å². The second kappa shape index (κ2) is 20.1. The maximum Gasteiger partial charge on any atom is 0.410 e. The van der Waals surface area contributed by atoms with E-state index in [2.05, 4.69) is 12.1 Å². The van der Waals surface area contributed by atoms with Crippen LogP contribution in [0.3, 0.4) is 0 Å². The van der Waals surface area contributed by atoms with E-state index >= 15 is 4.79 Å². The van der Waals surface area contributed by atoms with Gasteiger partial charge in [0.1, 0.15) is 29.1 Å². The van der Waals surface area contributed by atoms with E-state index in [0.717, 1.165) is 32.5 Å². The summed E-state index contributed by atoms with van der Waals surface area (Å²) in [4.78, 5) is 73.0. The zero-order valence-corrected chi connectivity index (χ0v) is 36.7. The smallest absolute Gasteiger partial charge is 0.410 e. The van der Waals surface area contributed by atoms with Gasteiger partial charge in [-0.25, -0.2) is 4.79 Å². The fourth-order valence-electron chi connectivity index (χ4n) is 8.34. The van der Waals surface area contributed by atoms with E-state index in [9.17, 15) is 24.4 Å². The minimum atomic E-state index is -1.17. The van der Waals surface area contributed by atoms with Crippen LogP contribution in [0, 0.1) is 5.92 Å². The summed E-state index contributed by atoms with van der Waals surface area (Å²) in [7, 11) is 0. The average molecular weight is 872 g/mol. The lowest BCUT2D eigenvalue weighted by molar-refractivity contribution is -0.909. The molecule has 2 aliphatic rings. The number of aryl methyl sites for hydroxylation is 2. The number of esters is 1. The summed E-state index contributed by atoms with van der Waals surface area (Å²) in [5, 5.41) is 10.8. The van der Waals surface area contributed by atoms with Gasteiger partial charge in [-0.1, -0.05) is 109 Å². The van der Waals surface area contributed by atoms with Crippen molar-refractivity contribution in [1.29, 1.82) is 0 Å². The Morgan fingerprint density at radius 3 is 2.15 bits per heavy atom. The van der Waals surface area contributed by atoms with Crippen molar-refractivity contribution in [3.05, 3.63) is 124 Å². The Bertz CT molecular complexity index is 2200. The van der Waals surface area contributed by atoms with Crippen molar-refractivity contribution in [1.82, 2.24) is 9.80 Å². The van der Waals surface area contributed by atoms with Gasteiger partial charge in [0.2, 0.25) is 17.8 Å². The fourth-order valence-corrected chi connectivity index (χ4v) is 8.67. The van der Waals surface area contributed by atoms with Crippen LogP contribution in [0.25, 0.3) is 11.1 Å². The van der Waals surface area contributed by atoms with Gasteiger partial charge in [-0.3, -0.25) is 29.3 Å². The maximum atomic E-state index is 15.0. The highest BCUT2D eigenvalue weighted by Gasteiger charge is 2.44. The van der Waals surface area contributed by atoms with Crippen LogP contribution in [-0.2, 0) is 41.5 Å². The van der Waals surface area contributed by atoms with Gasteiger partial charge >= 0.3 is 12.1 Å². The van der Waals surface area contributed by atoms with Crippen molar-refractivity contribution in [3.8, 4) is 11.1 Å². The zero-order chi connectivity index (χ0) is 43.8. The number of carbonyl (C=O) groups is 5. The molecule has 0 saturated carbocycles. The summed E-state index contributed by atoms with van der Waals surface area (Å²) in [6, 6.07) is 25.0. The molecular formula is C48H54Cl2N3O8+. The second-order valence-electron chi connectivity index (χ2n) is 17.0. The van der Waals surface area contributed by atoms with Crippen LogP contribution in [0.2, 0.25) is 10.0 Å².